The molecular weight excluding hydrogens is 420 g/mol. The predicted molar refractivity (Wildman–Crippen MR) is 127 cm³/mol. The van der Waals surface area contributed by atoms with E-state index in [9.17, 15) is 4.79 Å². The third-order valence-electron chi connectivity index (χ3n) is 5.66. The highest BCUT2D eigenvalue weighted by Gasteiger charge is 2.23. The summed E-state index contributed by atoms with van der Waals surface area (Å²) in [6, 6.07) is 15.0. The molecule has 1 aromatic heterocycles. The van der Waals surface area contributed by atoms with Gasteiger partial charge in [0.05, 0.1) is 19.4 Å². The van der Waals surface area contributed by atoms with Crippen molar-refractivity contribution in [3.63, 3.8) is 0 Å². The van der Waals surface area contributed by atoms with Crippen LogP contribution in [0.3, 0.4) is 0 Å². The van der Waals surface area contributed by atoms with E-state index in [0.717, 1.165) is 41.5 Å². The lowest BCUT2D eigenvalue weighted by molar-refractivity contribution is 0.141. The lowest BCUT2D eigenvalue weighted by atomic mass is 10.2. The molecule has 8 nitrogen and oxygen atoms in total. The van der Waals surface area contributed by atoms with Gasteiger partial charge in [0.25, 0.3) is 0 Å². The molecular formula is C25H30N4O4. The van der Waals surface area contributed by atoms with E-state index in [2.05, 4.69) is 10.2 Å². The van der Waals surface area contributed by atoms with Crippen LogP contribution in [0.2, 0.25) is 0 Å². The molecule has 1 aliphatic heterocycles. The molecule has 1 saturated heterocycles. The number of aromatic nitrogens is 1. The van der Waals surface area contributed by atoms with Crippen molar-refractivity contribution in [3.8, 4) is 23.0 Å². The first-order valence-corrected chi connectivity index (χ1v) is 11.2. The van der Waals surface area contributed by atoms with Crippen LogP contribution in [0, 0.1) is 6.92 Å². The molecule has 8 heteroatoms. The molecule has 2 amide bonds. The molecule has 0 bridgehead atoms. The first-order chi connectivity index (χ1) is 16.1. The Balaban J connectivity index is 1.31. The molecule has 2 heterocycles. The van der Waals surface area contributed by atoms with Crippen LogP contribution in [0.15, 0.2) is 52.9 Å². The fraction of sp³-hybridized carbons (Fsp3) is 0.360. The summed E-state index contributed by atoms with van der Waals surface area (Å²) in [6.07, 6.45) is 0. The van der Waals surface area contributed by atoms with Crippen LogP contribution in [-0.2, 0) is 6.54 Å². The number of carbonyl (C=O) groups excluding carboxylic acids is 1. The average Bonchev–Trinajstić information content (AvgIpc) is 3.20. The Morgan fingerprint density at radius 2 is 1.85 bits per heavy atom. The summed E-state index contributed by atoms with van der Waals surface area (Å²) in [5, 5.41) is 2.95. The maximum absolute atomic E-state index is 12.6. The van der Waals surface area contributed by atoms with Crippen molar-refractivity contribution in [2.75, 3.05) is 45.2 Å². The van der Waals surface area contributed by atoms with Crippen LogP contribution in [0.1, 0.15) is 18.4 Å². The molecule has 2 aromatic carbocycles. The third-order valence-corrected chi connectivity index (χ3v) is 5.66. The number of ether oxygens (including phenoxy) is 2. The number of amides is 2. The Hall–Kier alpha value is -3.52. The predicted octanol–water partition coefficient (Wildman–Crippen LogP) is 4.41. The fourth-order valence-electron chi connectivity index (χ4n) is 3.78. The van der Waals surface area contributed by atoms with E-state index in [1.54, 1.807) is 7.11 Å². The zero-order valence-corrected chi connectivity index (χ0v) is 19.3. The molecule has 174 valence electrons. The van der Waals surface area contributed by atoms with Crippen LogP contribution >= 0.6 is 0 Å². The second kappa shape index (κ2) is 10.4. The Morgan fingerprint density at radius 1 is 1.09 bits per heavy atom. The standard InChI is InChI=1S/C25H30N4O4/c1-4-32-21-10-8-19(9-11-21)24-27-23(18(2)33-24)17-28-12-14-29(15-13-28)25(30)26-20-6-5-7-22(16-20)31-3/h5-11,16H,4,12-15,17H2,1-3H3,(H,26,30). The van der Waals surface area contributed by atoms with E-state index >= 15 is 0 Å². The van der Waals surface area contributed by atoms with Gasteiger partial charge in [0, 0.05) is 50.0 Å². The summed E-state index contributed by atoms with van der Waals surface area (Å²) in [5.74, 6) is 2.97. The van der Waals surface area contributed by atoms with Gasteiger partial charge in [-0.15, -0.1) is 0 Å². The zero-order valence-electron chi connectivity index (χ0n) is 19.3. The summed E-state index contributed by atoms with van der Waals surface area (Å²) in [5.41, 5.74) is 2.57. The topological polar surface area (TPSA) is 80.1 Å². The van der Waals surface area contributed by atoms with Gasteiger partial charge in [-0.2, -0.15) is 0 Å². The lowest BCUT2D eigenvalue weighted by Crippen LogP contribution is -2.49. The van der Waals surface area contributed by atoms with E-state index in [4.69, 9.17) is 18.9 Å². The molecule has 0 unspecified atom stereocenters. The van der Waals surface area contributed by atoms with Gasteiger partial charge in [-0.1, -0.05) is 6.07 Å². The van der Waals surface area contributed by atoms with Crippen molar-refractivity contribution < 1.29 is 18.7 Å². The summed E-state index contributed by atoms with van der Waals surface area (Å²) in [6.45, 7) is 8.08. The normalized spacial score (nSPS) is 14.2. The van der Waals surface area contributed by atoms with E-state index in [-0.39, 0.29) is 6.03 Å². The number of aryl methyl sites for hydroxylation is 1. The average molecular weight is 451 g/mol. The van der Waals surface area contributed by atoms with Gasteiger partial charge in [0.2, 0.25) is 5.89 Å². The monoisotopic (exact) mass is 450 g/mol. The molecule has 1 N–H and O–H groups in total. The van der Waals surface area contributed by atoms with Gasteiger partial charge in [-0.05, 0) is 50.2 Å². The first-order valence-electron chi connectivity index (χ1n) is 11.2. The summed E-state index contributed by atoms with van der Waals surface area (Å²) >= 11 is 0. The van der Waals surface area contributed by atoms with Crippen LogP contribution in [0.4, 0.5) is 10.5 Å². The van der Waals surface area contributed by atoms with E-state index in [1.807, 2.05) is 67.3 Å². The Morgan fingerprint density at radius 3 is 2.55 bits per heavy atom. The maximum Gasteiger partial charge on any atom is 0.321 e. The largest absolute Gasteiger partial charge is 0.497 e. The Kier molecular flexibility index (Phi) is 7.14. The summed E-state index contributed by atoms with van der Waals surface area (Å²) < 4.78 is 16.6. The zero-order chi connectivity index (χ0) is 23.2. The van der Waals surface area contributed by atoms with Crippen molar-refractivity contribution in [2.45, 2.75) is 20.4 Å². The Bertz CT molecular complexity index is 1070. The molecule has 0 saturated carbocycles. The molecule has 4 rings (SSSR count). The number of oxazole rings is 1. The van der Waals surface area contributed by atoms with Crippen molar-refractivity contribution >= 4 is 11.7 Å². The molecule has 1 fully saturated rings. The molecule has 0 atom stereocenters. The number of methoxy groups -OCH3 is 1. The second-order valence-corrected chi connectivity index (χ2v) is 7.90. The minimum Gasteiger partial charge on any atom is -0.497 e. The van der Waals surface area contributed by atoms with Gasteiger partial charge >= 0.3 is 6.03 Å². The number of piperazine rings is 1. The van der Waals surface area contributed by atoms with Crippen LogP contribution < -0.4 is 14.8 Å². The highest BCUT2D eigenvalue weighted by Crippen LogP contribution is 2.25. The molecule has 0 radical (unpaired) electrons. The smallest absolute Gasteiger partial charge is 0.321 e. The van der Waals surface area contributed by atoms with Crippen molar-refractivity contribution in [1.29, 1.82) is 0 Å². The number of carbonyl (C=O) groups is 1. The van der Waals surface area contributed by atoms with Gasteiger partial charge in [0.15, 0.2) is 0 Å². The summed E-state index contributed by atoms with van der Waals surface area (Å²) in [4.78, 5) is 21.5. The number of hydrogen-bond donors (Lipinski definition) is 1. The molecule has 0 aliphatic carbocycles. The third kappa shape index (κ3) is 5.64. The number of benzene rings is 2. The van der Waals surface area contributed by atoms with E-state index in [1.165, 1.54) is 0 Å². The van der Waals surface area contributed by atoms with Crippen LogP contribution in [0.5, 0.6) is 11.5 Å². The fourth-order valence-corrected chi connectivity index (χ4v) is 3.78. The van der Waals surface area contributed by atoms with Crippen LogP contribution in [-0.4, -0.2) is 60.7 Å². The highest BCUT2D eigenvalue weighted by molar-refractivity contribution is 5.89. The van der Waals surface area contributed by atoms with Crippen LogP contribution in [0.25, 0.3) is 11.5 Å². The van der Waals surface area contributed by atoms with Gasteiger partial charge < -0.3 is 24.1 Å². The second-order valence-electron chi connectivity index (χ2n) is 7.90. The Labute approximate surface area is 194 Å². The number of nitrogens with one attached hydrogen (secondary N) is 1. The van der Waals surface area contributed by atoms with Gasteiger partial charge in [0.1, 0.15) is 17.3 Å². The lowest BCUT2D eigenvalue weighted by Gasteiger charge is -2.34. The van der Waals surface area contributed by atoms with E-state index in [0.29, 0.717) is 37.9 Å². The van der Waals surface area contributed by atoms with Crippen molar-refractivity contribution in [1.82, 2.24) is 14.8 Å². The molecule has 33 heavy (non-hydrogen) atoms. The summed E-state index contributed by atoms with van der Waals surface area (Å²) in [7, 11) is 1.61. The minimum atomic E-state index is -0.0988. The minimum absolute atomic E-state index is 0.0988. The number of nitrogens with zero attached hydrogens (tertiary/aromatic N) is 3. The van der Waals surface area contributed by atoms with Crippen molar-refractivity contribution in [2.24, 2.45) is 0 Å². The molecule has 0 spiro atoms. The van der Waals surface area contributed by atoms with Gasteiger partial charge in [-0.25, -0.2) is 9.78 Å². The van der Waals surface area contributed by atoms with E-state index < -0.39 is 0 Å². The first kappa shape index (κ1) is 22.7. The SMILES string of the molecule is CCOc1ccc(-c2nc(CN3CCN(C(=O)Nc4cccc(OC)c4)CC3)c(C)o2)cc1. The highest BCUT2D eigenvalue weighted by atomic mass is 16.5. The maximum atomic E-state index is 12.6. The van der Waals surface area contributed by atoms with Crippen molar-refractivity contribution in [3.05, 3.63) is 60.0 Å². The number of anilines is 1. The van der Waals surface area contributed by atoms with Gasteiger partial charge in [-0.3, -0.25) is 4.90 Å². The number of urea groups is 1. The number of rotatable bonds is 7. The quantitative estimate of drug-likeness (QED) is 0.575. The number of hydrogen-bond acceptors (Lipinski definition) is 6. The molecule has 3 aromatic rings. The molecule has 1 aliphatic rings.